The molecule has 0 aromatic heterocycles. The molecule has 2 rings (SSSR count). The third-order valence-corrected chi connectivity index (χ3v) is 3.35. The fraction of sp³-hybridized carbons (Fsp3) is 0.533. The van der Waals surface area contributed by atoms with Gasteiger partial charge in [-0.25, -0.2) is 0 Å². The second-order valence-electron chi connectivity index (χ2n) is 5.80. The van der Waals surface area contributed by atoms with E-state index in [0.29, 0.717) is 17.5 Å². The Bertz CT molecular complexity index is 483. The lowest BCUT2D eigenvalue weighted by Crippen LogP contribution is -2.34. The Morgan fingerprint density at radius 1 is 1.32 bits per heavy atom. The van der Waals surface area contributed by atoms with Crippen molar-refractivity contribution < 1.29 is 9.90 Å². The molecule has 1 aliphatic rings. The molecule has 1 aromatic carbocycles. The largest absolute Gasteiger partial charge is 0.378 e. The van der Waals surface area contributed by atoms with Gasteiger partial charge in [0.05, 0.1) is 0 Å². The van der Waals surface area contributed by atoms with Crippen LogP contribution < -0.4 is 10.2 Å². The molecule has 1 amide bonds. The molecular weight excluding hydrogens is 240 g/mol. The van der Waals surface area contributed by atoms with E-state index in [1.807, 2.05) is 18.2 Å². The SMILES string of the molecule is CC(C)CN(c1ccc2c(c1)NC(=O)C2O)C(C)C. The first-order valence-electron chi connectivity index (χ1n) is 6.79. The summed E-state index contributed by atoms with van der Waals surface area (Å²) in [6.45, 7) is 9.65. The second kappa shape index (κ2) is 5.21. The van der Waals surface area contributed by atoms with Crippen molar-refractivity contribution in [2.75, 3.05) is 16.8 Å². The zero-order valence-electron chi connectivity index (χ0n) is 12.0. The van der Waals surface area contributed by atoms with Crippen molar-refractivity contribution in [3.05, 3.63) is 23.8 Å². The van der Waals surface area contributed by atoms with E-state index < -0.39 is 6.10 Å². The van der Waals surface area contributed by atoms with E-state index >= 15 is 0 Å². The Morgan fingerprint density at radius 3 is 2.58 bits per heavy atom. The summed E-state index contributed by atoms with van der Waals surface area (Å²) in [5.41, 5.74) is 2.48. The van der Waals surface area contributed by atoms with E-state index in [1.54, 1.807) is 0 Å². The molecule has 1 aliphatic heterocycles. The fourth-order valence-corrected chi connectivity index (χ4v) is 2.42. The number of fused-ring (bicyclic) bond motifs is 1. The lowest BCUT2D eigenvalue weighted by atomic mass is 10.1. The number of hydrogen-bond acceptors (Lipinski definition) is 3. The van der Waals surface area contributed by atoms with E-state index in [9.17, 15) is 9.90 Å². The highest BCUT2D eigenvalue weighted by molar-refractivity contribution is 6.02. The quantitative estimate of drug-likeness (QED) is 0.876. The number of amides is 1. The molecule has 1 unspecified atom stereocenters. The molecule has 19 heavy (non-hydrogen) atoms. The summed E-state index contributed by atoms with van der Waals surface area (Å²) in [5.74, 6) is 0.225. The van der Waals surface area contributed by atoms with Crippen LogP contribution in [-0.4, -0.2) is 23.6 Å². The van der Waals surface area contributed by atoms with Gasteiger partial charge in [-0.2, -0.15) is 0 Å². The molecule has 0 fully saturated rings. The van der Waals surface area contributed by atoms with Gasteiger partial charge in [0.25, 0.3) is 5.91 Å². The minimum atomic E-state index is -1.03. The van der Waals surface area contributed by atoms with Crippen molar-refractivity contribution in [2.24, 2.45) is 5.92 Å². The van der Waals surface area contributed by atoms with Crippen LogP contribution in [0, 0.1) is 5.92 Å². The first-order valence-corrected chi connectivity index (χ1v) is 6.79. The third kappa shape index (κ3) is 2.73. The van der Waals surface area contributed by atoms with Crippen LogP contribution in [0.4, 0.5) is 11.4 Å². The van der Waals surface area contributed by atoms with Gasteiger partial charge in [-0.1, -0.05) is 19.9 Å². The maximum absolute atomic E-state index is 11.4. The van der Waals surface area contributed by atoms with Gasteiger partial charge in [-0.05, 0) is 31.9 Å². The summed E-state index contributed by atoms with van der Waals surface area (Å²) >= 11 is 0. The first kappa shape index (κ1) is 13.9. The van der Waals surface area contributed by atoms with Crippen molar-refractivity contribution >= 4 is 17.3 Å². The van der Waals surface area contributed by atoms with Crippen molar-refractivity contribution in [2.45, 2.75) is 39.8 Å². The van der Waals surface area contributed by atoms with E-state index in [1.165, 1.54) is 0 Å². The lowest BCUT2D eigenvalue weighted by Gasteiger charge is -2.31. The van der Waals surface area contributed by atoms with Gasteiger partial charge in [-0.3, -0.25) is 4.79 Å². The number of anilines is 2. The smallest absolute Gasteiger partial charge is 0.257 e. The van der Waals surface area contributed by atoms with E-state index in [0.717, 1.165) is 17.9 Å². The summed E-state index contributed by atoms with van der Waals surface area (Å²) in [7, 11) is 0. The molecule has 1 atom stereocenters. The molecule has 2 N–H and O–H groups in total. The molecule has 4 nitrogen and oxygen atoms in total. The summed E-state index contributed by atoms with van der Waals surface area (Å²) in [5, 5.41) is 12.4. The third-order valence-electron chi connectivity index (χ3n) is 3.35. The number of nitrogens with one attached hydrogen (secondary N) is 1. The molecule has 4 heteroatoms. The minimum absolute atomic E-state index is 0.341. The van der Waals surface area contributed by atoms with Crippen molar-refractivity contribution in [1.29, 1.82) is 0 Å². The van der Waals surface area contributed by atoms with Crippen molar-refractivity contribution in [3.8, 4) is 0 Å². The normalized spacial score (nSPS) is 17.8. The van der Waals surface area contributed by atoms with Gasteiger partial charge in [0.15, 0.2) is 6.10 Å². The van der Waals surface area contributed by atoms with Crippen LogP contribution in [0.5, 0.6) is 0 Å². The maximum atomic E-state index is 11.4. The summed E-state index contributed by atoms with van der Waals surface area (Å²) in [6, 6.07) is 6.15. The Labute approximate surface area is 114 Å². The number of hydrogen-bond donors (Lipinski definition) is 2. The minimum Gasteiger partial charge on any atom is -0.378 e. The number of nitrogens with zero attached hydrogens (tertiary/aromatic N) is 1. The van der Waals surface area contributed by atoms with Crippen LogP contribution >= 0.6 is 0 Å². The fourth-order valence-electron chi connectivity index (χ4n) is 2.42. The molecule has 104 valence electrons. The molecule has 0 spiro atoms. The molecule has 1 aromatic rings. The molecular formula is C15H22N2O2. The Hall–Kier alpha value is -1.55. The van der Waals surface area contributed by atoms with E-state index in [2.05, 4.69) is 37.9 Å². The van der Waals surface area contributed by atoms with Crippen LogP contribution in [-0.2, 0) is 4.79 Å². The van der Waals surface area contributed by atoms with Crippen LogP contribution in [0.1, 0.15) is 39.4 Å². The van der Waals surface area contributed by atoms with Gasteiger partial charge < -0.3 is 15.3 Å². The highest BCUT2D eigenvalue weighted by Gasteiger charge is 2.29. The lowest BCUT2D eigenvalue weighted by molar-refractivity contribution is -0.123. The van der Waals surface area contributed by atoms with Crippen molar-refractivity contribution in [3.63, 3.8) is 0 Å². The Kier molecular flexibility index (Phi) is 3.80. The molecule has 0 saturated heterocycles. The van der Waals surface area contributed by atoms with Crippen LogP contribution in [0.25, 0.3) is 0 Å². The highest BCUT2D eigenvalue weighted by atomic mass is 16.3. The van der Waals surface area contributed by atoms with E-state index in [4.69, 9.17) is 0 Å². The molecule has 0 saturated carbocycles. The summed E-state index contributed by atoms with van der Waals surface area (Å²) < 4.78 is 0. The van der Waals surface area contributed by atoms with E-state index in [-0.39, 0.29) is 5.91 Å². The molecule has 0 aliphatic carbocycles. The number of aliphatic hydroxyl groups is 1. The number of rotatable bonds is 4. The average Bonchev–Trinajstić information content (AvgIpc) is 2.61. The van der Waals surface area contributed by atoms with Crippen LogP contribution in [0.3, 0.4) is 0 Å². The predicted octanol–water partition coefficient (Wildman–Crippen LogP) is 2.54. The first-order chi connectivity index (χ1) is 8.90. The van der Waals surface area contributed by atoms with Crippen LogP contribution in [0.15, 0.2) is 18.2 Å². The second-order valence-corrected chi connectivity index (χ2v) is 5.80. The summed E-state index contributed by atoms with van der Waals surface area (Å²) in [6.07, 6.45) is -1.03. The number of carbonyl (C=O) groups is 1. The van der Waals surface area contributed by atoms with Gasteiger partial charge in [0.2, 0.25) is 0 Å². The Morgan fingerprint density at radius 2 is 2.00 bits per heavy atom. The van der Waals surface area contributed by atoms with Crippen molar-refractivity contribution in [1.82, 2.24) is 0 Å². The standard InChI is InChI=1S/C15H22N2O2/c1-9(2)8-17(10(3)4)11-5-6-12-13(7-11)16-15(19)14(12)18/h5-7,9-10,14,18H,8H2,1-4H3,(H,16,19). The molecule has 1 heterocycles. The predicted molar refractivity (Wildman–Crippen MR) is 77.4 cm³/mol. The van der Waals surface area contributed by atoms with Gasteiger partial charge in [0, 0.05) is 29.5 Å². The van der Waals surface area contributed by atoms with Gasteiger partial charge in [-0.15, -0.1) is 0 Å². The zero-order valence-corrected chi connectivity index (χ0v) is 12.0. The maximum Gasteiger partial charge on any atom is 0.257 e. The zero-order chi connectivity index (χ0) is 14.2. The number of benzene rings is 1. The number of carbonyl (C=O) groups excluding carboxylic acids is 1. The highest BCUT2D eigenvalue weighted by Crippen LogP contribution is 2.34. The topological polar surface area (TPSA) is 52.6 Å². The summed E-state index contributed by atoms with van der Waals surface area (Å²) in [4.78, 5) is 13.8. The molecule has 0 radical (unpaired) electrons. The average molecular weight is 262 g/mol. The molecule has 0 bridgehead atoms. The monoisotopic (exact) mass is 262 g/mol. The Balaban J connectivity index is 2.31. The van der Waals surface area contributed by atoms with Crippen LogP contribution in [0.2, 0.25) is 0 Å². The van der Waals surface area contributed by atoms with Gasteiger partial charge >= 0.3 is 0 Å². The van der Waals surface area contributed by atoms with Gasteiger partial charge in [0.1, 0.15) is 0 Å². The number of aliphatic hydroxyl groups excluding tert-OH is 1.